The second-order valence-corrected chi connectivity index (χ2v) is 7.14. The van der Waals surface area contributed by atoms with Gasteiger partial charge in [-0.2, -0.15) is 0 Å². The zero-order valence-electron chi connectivity index (χ0n) is 12.5. The molecule has 2 nitrogen and oxygen atoms in total. The van der Waals surface area contributed by atoms with Gasteiger partial charge in [0.2, 0.25) is 0 Å². The highest BCUT2D eigenvalue weighted by molar-refractivity contribution is 6.39. The summed E-state index contributed by atoms with van der Waals surface area (Å²) < 4.78 is 0. The molecule has 2 aliphatic rings. The minimum Gasteiger partial charge on any atom is -0.368 e. The largest absolute Gasteiger partial charge is 0.368 e. The number of nitrogens with one attached hydrogen (secondary N) is 1. The van der Waals surface area contributed by atoms with E-state index in [2.05, 4.69) is 10.2 Å². The van der Waals surface area contributed by atoms with E-state index in [0.717, 1.165) is 47.7 Å². The lowest BCUT2D eigenvalue weighted by atomic mass is 9.83. The highest BCUT2D eigenvalue weighted by Gasteiger charge is 2.28. The molecule has 1 aliphatic heterocycles. The summed E-state index contributed by atoms with van der Waals surface area (Å²) in [6.07, 6.45) is 8.04. The number of hydrogen-bond acceptors (Lipinski definition) is 2. The summed E-state index contributed by atoms with van der Waals surface area (Å²) in [5.41, 5.74) is 1.02. The van der Waals surface area contributed by atoms with Crippen molar-refractivity contribution < 1.29 is 0 Å². The quantitative estimate of drug-likeness (QED) is 0.844. The molecule has 1 aliphatic carbocycles. The van der Waals surface area contributed by atoms with Gasteiger partial charge in [-0.25, -0.2) is 0 Å². The first kappa shape index (κ1) is 15.5. The van der Waals surface area contributed by atoms with E-state index in [9.17, 15) is 0 Å². The van der Waals surface area contributed by atoms with E-state index in [1.54, 1.807) is 0 Å². The minimum atomic E-state index is 0.570. The SMILES string of the molecule is Clc1cccc(Cl)c1N1CCCNC(C2CCCCC2)C1. The summed E-state index contributed by atoms with van der Waals surface area (Å²) in [5.74, 6) is 0.806. The van der Waals surface area contributed by atoms with E-state index in [-0.39, 0.29) is 0 Å². The van der Waals surface area contributed by atoms with Crippen molar-refractivity contribution in [1.29, 1.82) is 0 Å². The molecule has 1 N–H and O–H groups in total. The predicted octanol–water partition coefficient (Wildman–Crippen LogP) is 4.74. The Balaban J connectivity index is 1.78. The molecule has 1 unspecified atom stereocenters. The zero-order valence-corrected chi connectivity index (χ0v) is 14.0. The van der Waals surface area contributed by atoms with Gasteiger partial charge in [-0.05, 0) is 43.9 Å². The average molecular weight is 327 g/mol. The fraction of sp³-hybridized carbons (Fsp3) is 0.647. The number of halogens is 2. The van der Waals surface area contributed by atoms with E-state index in [1.165, 1.54) is 32.1 Å². The van der Waals surface area contributed by atoms with Gasteiger partial charge in [-0.1, -0.05) is 48.5 Å². The van der Waals surface area contributed by atoms with Crippen LogP contribution in [0.25, 0.3) is 0 Å². The number of hydrogen-bond donors (Lipinski definition) is 1. The van der Waals surface area contributed by atoms with Crippen LogP contribution in [0.3, 0.4) is 0 Å². The molecule has 4 heteroatoms. The third kappa shape index (κ3) is 3.67. The molecule has 21 heavy (non-hydrogen) atoms. The first-order valence-corrected chi connectivity index (χ1v) is 8.93. The highest BCUT2D eigenvalue weighted by atomic mass is 35.5. The van der Waals surface area contributed by atoms with Crippen LogP contribution in [-0.2, 0) is 0 Å². The number of benzene rings is 1. The van der Waals surface area contributed by atoms with Crippen LogP contribution in [0, 0.1) is 5.92 Å². The monoisotopic (exact) mass is 326 g/mol. The van der Waals surface area contributed by atoms with Crippen molar-refractivity contribution in [3.05, 3.63) is 28.2 Å². The van der Waals surface area contributed by atoms with E-state index < -0.39 is 0 Å². The smallest absolute Gasteiger partial charge is 0.0745 e. The van der Waals surface area contributed by atoms with Crippen molar-refractivity contribution >= 4 is 28.9 Å². The Labute approximate surface area is 137 Å². The van der Waals surface area contributed by atoms with Crippen LogP contribution >= 0.6 is 23.2 Å². The molecule has 0 aromatic heterocycles. The summed E-state index contributed by atoms with van der Waals surface area (Å²) in [6.45, 7) is 3.15. The molecule has 116 valence electrons. The van der Waals surface area contributed by atoms with Crippen LogP contribution in [0.2, 0.25) is 10.0 Å². The number of rotatable bonds is 2. The molecule has 3 rings (SSSR count). The Morgan fingerprint density at radius 1 is 1.00 bits per heavy atom. The van der Waals surface area contributed by atoms with Crippen LogP contribution in [0.5, 0.6) is 0 Å². The van der Waals surface area contributed by atoms with Gasteiger partial charge in [-0.15, -0.1) is 0 Å². The van der Waals surface area contributed by atoms with Gasteiger partial charge in [-0.3, -0.25) is 0 Å². The van der Waals surface area contributed by atoms with E-state index in [1.807, 2.05) is 18.2 Å². The molecule has 1 heterocycles. The van der Waals surface area contributed by atoms with Gasteiger partial charge in [0, 0.05) is 19.1 Å². The Bertz CT molecular complexity index is 452. The maximum atomic E-state index is 6.40. The Hall–Kier alpha value is -0.440. The fourth-order valence-corrected chi connectivity index (χ4v) is 4.43. The van der Waals surface area contributed by atoms with Gasteiger partial charge < -0.3 is 10.2 Å². The molecule has 1 saturated carbocycles. The summed E-state index contributed by atoms with van der Waals surface area (Å²) in [5, 5.41) is 5.30. The third-order valence-electron chi connectivity index (χ3n) is 4.90. The van der Waals surface area contributed by atoms with Crippen molar-refractivity contribution in [2.45, 2.75) is 44.6 Å². The molecule has 2 fully saturated rings. The maximum Gasteiger partial charge on any atom is 0.0745 e. The molecule has 1 saturated heterocycles. The second-order valence-electron chi connectivity index (χ2n) is 6.33. The number of anilines is 1. The van der Waals surface area contributed by atoms with Crippen molar-refractivity contribution in [1.82, 2.24) is 5.32 Å². The van der Waals surface area contributed by atoms with E-state index in [4.69, 9.17) is 23.2 Å². The Kier molecular flexibility index (Phi) is 5.31. The fourth-order valence-electron chi connectivity index (χ4n) is 3.80. The molecule has 1 aromatic rings. The van der Waals surface area contributed by atoms with Crippen LogP contribution in [-0.4, -0.2) is 25.7 Å². The lowest BCUT2D eigenvalue weighted by Gasteiger charge is -2.34. The molecular weight excluding hydrogens is 303 g/mol. The molecule has 1 atom stereocenters. The van der Waals surface area contributed by atoms with Gasteiger partial charge in [0.05, 0.1) is 15.7 Å². The van der Waals surface area contributed by atoms with Crippen LogP contribution in [0.15, 0.2) is 18.2 Å². The van der Waals surface area contributed by atoms with E-state index >= 15 is 0 Å². The first-order chi connectivity index (χ1) is 10.3. The van der Waals surface area contributed by atoms with E-state index in [0.29, 0.717) is 6.04 Å². The van der Waals surface area contributed by atoms with Crippen molar-refractivity contribution in [2.75, 3.05) is 24.5 Å². The zero-order chi connectivity index (χ0) is 14.7. The topological polar surface area (TPSA) is 15.3 Å². The summed E-state index contributed by atoms with van der Waals surface area (Å²) in [7, 11) is 0. The van der Waals surface area contributed by atoms with Crippen molar-refractivity contribution in [3.63, 3.8) is 0 Å². The lowest BCUT2D eigenvalue weighted by molar-refractivity contribution is 0.277. The predicted molar refractivity (Wildman–Crippen MR) is 91.7 cm³/mol. The van der Waals surface area contributed by atoms with Gasteiger partial charge in [0.1, 0.15) is 0 Å². The Morgan fingerprint density at radius 3 is 2.43 bits per heavy atom. The molecule has 0 bridgehead atoms. The maximum absolute atomic E-state index is 6.40. The van der Waals surface area contributed by atoms with Gasteiger partial charge >= 0.3 is 0 Å². The van der Waals surface area contributed by atoms with Gasteiger partial charge in [0.15, 0.2) is 0 Å². The van der Waals surface area contributed by atoms with Gasteiger partial charge in [0.25, 0.3) is 0 Å². The number of para-hydroxylation sites is 1. The van der Waals surface area contributed by atoms with Crippen LogP contribution in [0.4, 0.5) is 5.69 Å². The summed E-state index contributed by atoms with van der Waals surface area (Å²) in [6, 6.07) is 6.37. The standard InChI is InChI=1S/C17H24Cl2N2/c18-14-8-4-9-15(19)17(14)21-11-5-10-20-16(12-21)13-6-2-1-3-7-13/h4,8-9,13,16,20H,1-3,5-7,10-12H2. The second kappa shape index (κ2) is 7.21. The normalized spacial score (nSPS) is 24.9. The third-order valence-corrected chi connectivity index (χ3v) is 5.51. The molecule has 0 radical (unpaired) electrons. The lowest BCUT2D eigenvalue weighted by Crippen LogP contribution is -2.43. The first-order valence-electron chi connectivity index (χ1n) is 8.18. The summed E-state index contributed by atoms with van der Waals surface area (Å²) >= 11 is 12.8. The molecule has 0 amide bonds. The van der Waals surface area contributed by atoms with Crippen molar-refractivity contribution in [2.24, 2.45) is 5.92 Å². The molecular formula is C17H24Cl2N2. The number of nitrogens with zero attached hydrogens (tertiary/aromatic N) is 1. The molecule has 0 spiro atoms. The average Bonchev–Trinajstić information content (AvgIpc) is 2.74. The Morgan fingerprint density at radius 2 is 1.71 bits per heavy atom. The highest BCUT2D eigenvalue weighted by Crippen LogP contribution is 2.35. The van der Waals surface area contributed by atoms with Crippen LogP contribution < -0.4 is 10.2 Å². The minimum absolute atomic E-state index is 0.570. The van der Waals surface area contributed by atoms with Crippen LogP contribution in [0.1, 0.15) is 38.5 Å². The summed E-state index contributed by atoms with van der Waals surface area (Å²) in [4.78, 5) is 2.39. The molecule has 1 aromatic carbocycles. The van der Waals surface area contributed by atoms with Crippen molar-refractivity contribution in [3.8, 4) is 0 Å².